The van der Waals surface area contributed by atoms with Gasteiger partial charge in [0.15, 0.2) is 5.16 Å². The fraction of sp³-hybridized carbons (Fsp3) is 0.550. The van der Waals surface area contributed by atoms with Gasteiger partial charge in [-0.25, -0.2) is 4.98 Å². The number of imidazole rings is 1. The normalized spacial score (nSPS) is 13.5. The molecule has 5 nitrogen and oxygen atoms in total. The second kappa shape index (κ2) is 8.49. The Morgan fingerprint density at radius 1 is 1.37 bits per heavy atom. The van der Waals surface area contributed by atoms with Crippen LogP contribution < -0.4 is 5.32 Å². The van der Waals surface area contributed by atoms with Crippen LogP contribution in [0, 0.1) is 31.1 Å². The molecule has 2 aromatic heterocycles. The largest absolute Gasteiger partial charge is 0.323 e. The van der Waals surface area contributed by atoms with E-state index in [9.17, 15) is 10.1 Å². The van der Waals surface area contributed by atoms with Crippen LogP contribution in [0.1, 0.15) is 54.1 Å². The van der Waals surface area contributed by atoms with Crippen molar-refractivity contribution in [3.63, 3.8) is 0 Å². The Morgan fingerprint density at radius 2 is 2.11 bits per heavy atom. The molecule has 0 aromatic carbocycles. The van der Waals surface area contributed by atoms with Crippen LogP contribution >= 0.6 is 23.1 Å². The van der Waals surface area contributed by atoms with Gasteiger partial charge in [0.1, 0.15) is 11.1 Å². The molecule has 7 heteroatoms. The first-order valence-electron chi connectivity index (χ1n) is 9.41. The van der Waals surface area contributed by atoms with Gasteiger partial charge in [-0.2, -0.15) is 5.26 Å². The zero-order valence-electron chi connectivity index (χ0n) is 16.4. The number of nitrogens with zero attached hydrogens (tertiary/aromatic N) is 3. The topological polar surface area (TPSA) is 70.7 Å². The van der Waals surface area contributed by atoms with E-state index in [2.05, 4.69) is 41.7 Å². The minimum atomic E-state index is -0.0792. The number of hydrogen-bond acceptors (Lipinski definition) is 5. The molecule has 0 unspecified atom stereocenters. The predicted molar refractivity (Wildman–Crippen MR) is 112 cm³/mol. The molecular weight excluding hydrogens is 376 g/mol. The Balaban J connectivity index is 1.69. The number of fused-ring (bicyclic) bond motifs is 1. The van der Waals surface area contributed by atoms with E-state index in [4.69, 9.17) is 0 Å². The van der Waals surface area contributed by atoms with E-state index in [0.717, 1.165) is 47.9 Å². The fourth-order valence-electron chi connectivity index (χ4n) is 3.38. The maximum absolute atomic E-state index is 12.5. The number of anilines is 1. The molecule has 1 aliphatic rings. The van der Waals surface area contributed by atoms with Crippen molar-refractivity contribution in [2.75, 3.05) is 11.1 Å². The van der Waals surface area contributed by atoms with Crippen molar-refractivity contribution in [1.82, 2.24) is 9.55 Å². The lowest BCUT2D eigenvalue weighted by Crippen LogP contribution is -2.15. The van der Waals surface area contributed by atoms with Crippen molar-refractivity contribution >= 4 is 34.0 Å². The highest BCUT2D eigenvalue weighted by Gasteiger charge is 2.22. The van der Waals surface area contributed by atoms with Gasteiger partial charge in [-0.3, -0.25) is 4.79 Å². The molecule has 2 heterocycles. The van der Waals surface area contributed by atoms with Crippen molar-refractivity contribution in [3.8, 4) is 6.07 Å². The van der Waals surface area contributed by atoms with Crippen LogP contribution in [0.2, 0.25) is 0 Å². The first kappa shape index (κ1) is 20.0. The zero-order valence-corrected chi connectivity index (χ0v) is 18.0. The van der Waals surface area contributed by atoms with Crippen LogP contribution in [0.25, 0.3) is 0 Å². The number of hydrogen-bond donors (Lipinski definition) is 1. The molecule has 1 amide bonds. The quantitative estimate of drug-likeness (QED) is 0.711. The molecule has 27 heavy (non-hydrogen) atoms. The molecule has 0 saturated heterocycles. The number of carbonyl (C=O) groups is 1. The Bertz CT molecular complexity index is 889. The Morgan fingerprint density at radius 3 is 2.81 bits per heavy atom. The molecule has 2 aromatic rings. The minimum Gasteiger partial charge on any atom is -0.323 e. The highest BCUT2D eigenvalue weighted by atomic mass is 32.2. The number of thioether (sulfide) groups is 1. The third kappa shape index (κ3) is 4.39. The number of aryl methyl sites for hydroxylation is 2. The summed E-state index contributed by atoms with van der Waals surface area (Å²) in [6, 6.07) is 2.30. The molecule has 0 spiro atoms. The van der Waals surface area contributed by atoms with E-state index < -0.39 is 0 Å². The third-order valence-electron chi connectivity index (χ3n) is 4.84. The van der Waals surface area contributed by atoms with Gasteiger partial charge >= 0.3 is 0 Å². The molecule has 0 fully saturated rings. The summed E-state index contributed by atoms with van der Waals surface area (Å²) in [7, 11) is 0. The highest BCUT2D eigenvalue weighted by Crippen LogP contribution is 2.37. The van der Waals surface area contributed by atoms with Crippen molar-refractivity contribution < 1.29 is 4.79 Å². The summed E-state index contributed by atoms with van der Waals surface area (Å²) in [6.07, 6.45) is 4.26. The number of thiophene rings is 1. The summed E-state index contributed by atoms with van der Waals surface area (Å²) in [5.74, 6) is 0.729. The standard InChI is InChI=1S/C20H26N4OS2/c1-12(2)10-24-14(4)13(3)22-20(24)26-11-18(25)23-19-16(9-21)15-7-5-6-8-17(15)27-19/h12H,5-8,10-11H2,1-4H3,(H,23,25). The van der Waals surface area contributed by atoms with Crippen molar-refractivity contribution in [2.45, 2.75) is 65.1 Å². The number of nitriles is 1. The number of amides is 1. The third-order valence-corrected chi connectivity index (χ3v) is 7.02. The summed E-state index contributed by atoms with van der Waals surface area (Å²) >= 11 is 3.03. The van der Waals surface area contributed by atoms with E-state index in [1.807, 2.05) is 6.92 Å². The van der Waals surface area contributed by atoms with E-state index >= 15 is 0 Å². The lowest BCUT2D eigenvalue weighted by atomic mass is 9.96. The van der Waals surface area contributed by atoms with Gasteiger partial charge in [-0.1, -0.05) is 25.6 Å². The van der Waals surface area contributed by atoms with Crippen LogP contribution in [-0.2, 0) is 24.2 Å². The van der Waals surface area contributed by atoms with Crippen LogP contribution in [-0.4, -0.2) is 21.2 Å². The molecule has 1 aliphatic carbocycles. The molecule has 144 valence electrons. The fourth-order valence-corrected chi connectivity index (χ4v) is 5.54. The number of nitrogens with one attached hydrogen (secondary N) is 1. The summed E-state index contributed by atoms with van der Waals surface area (Å²) in [4.78, 5) is 18.4. The lowest BCUT2D eigenvalue weighted by molar-refractivity contribution is -0.113. The van der Waals surface area contributed by atoms with Crippen molar-refractivity contribution in [2.24, 2.45) is 5.92 Å². The van der Waals surface area contributed by atoms with Gasteiger partial charge in [-0.05, 0) is 51.0 Å². The summed E-state index contributed by atoms with van der Waals surface area (Å²) in [5, 5.41) is 14.1. The first-order chi connectivity index (χ1) is 12.9. The molecule has 1 N–H and O–H groups in total. The second-order valence-corrected chi connectivity index (χ2v) is 9.48. The average Bonchev–Trinajstić information content (AvgIpc) is 3.11. The van der Waals surface area contributed by atoms with Gasteiger partial charge in [0.05, 0.1) is 17.0 Å². The van der Waals surface area contributed by atoms with E-state index in [0.29, 0.717) is 22.2 Å². The maximum atomic E-state index is 12.5. The lowest BCUT2D eigenvalue weighted by Gasteiger charge is -2.12. The predicted octanol–water partition coefficient (Wildman–Crippen LogP) is 4.70. The zero-order chi connectivity index (χ0) is 19.6. The molecule has 0 radical (unpaired) electrons. The summed E-state index contributed by atoms with van der Waals surface area (Å²) < 4.78 is 2.20. The first-order valence-corrected chi connectivity index (χ1v) is 11.2. The number of carbonyl (C=O) groups excluding carboxylic acids is 1. The van der Waals surface area contributed by atoms with Crippen LogP contribution in [0.5, 0.6) is 0 Å². The average molecular weight is 403 g/mol. The van der Waals surface area contributed by atoms with Crippen molar-refractivity contribution in [1.29, 1.82) is 5.26 Å². The smallest absolute Gasteiger partial charge is 0.235 e. The molecule has 0 aliphatic heterocycles. The van der Waals surface area contributed by atoms with Crippen LogP contribution in [0.4, 0.5) is 5.00 Å². The van der Waals surface area contributed by atoms with Gasteiger partial charge in [0, 0.05) is 17.1 Å². The molecule has 0 saturated carbocycles. The van der Waals surface area contributed by atoms with Gasteiger partial charge < -0.3 is 9.88 Å². The summed E-state index contributed by atoms with van der Waals surface area (Å²) in [5.41, 5.74) is 3.98. The van der Waals surface area contributed by atoms with Crippen molar-refractivity contribution in [3.05, 3.63) is 27.4 Å². The molecular formula is C20H26N4OS2. The number of rotatable bonds is 6. The monoisotopic (exact) mass is 402 g/mol. The van der Waals surface area contributed by atoms with E-state index in [-0.39, 0.29) is 5.91 Å². The Hall–Kier alpha value is -1.78. The Labute approximate surface area is 169 Å². The maximum Gasteiger partial charge on any atom is 0.235 e. The molecule has 0 bridgehead atoms. The van der Waals surface area contributed by atoms with E-state index in [1.165, 1.54) is 23.1 Å². The van der Waals surface area contributed by atoms with Crippen LogP contribution in [0.3, 0.4) is 0 Å². The highest BCUT2D eigenvalue weighted by molar-refractivity contribution is 7.99. The van der Waals surface area contributed by atoms with Crippen LogP contribution in [0.15, 0.2) is 5.16 Å². The summed E-state index contributed by atoms with van der Waals surface area (Å²) in [6.45, 7) is 9.33. The van der Waals surface area contributed by atoms with Gasteiger partial charge in [0.25, 0.3) is 0 Å². The Kier molecular flexibility index (Phi) is 6.28. The second-order valence-electron chi connectivity index (χ2n) is 7.43. The SMILES string of the molecule is Cc1nc(SCC(=O)Nc2sc3c(c2C#N)CCCC3)n(CC(C)C)c1C. The van der Waals surface area contributed by atoms with E-state index in [1.54, 1.807) is 11.3 Å². The van der Waals surface area contributed by atoms with Gasteiger partial charge in [0.2, 0.25) is 5.91 Å². The molecule has 3 rings (SSSR count). The minimum absolute atomic E-state index is 0.0792. The number of aromatic nitrogens is 2. The molecule has 0 atom stereocenters. The van der Waals surface area contributed by atoms with Gasteiger partial charge in [-0.15, -0.1) is 11.3 Å².